The molecule has 0 amide bonds. The van der Waals surface area contributed by atoms with Crippen LogP contribution in [0.4, 0.5) is 20.2 Å². The molecule has 0 bridgehead atoms. The molecular weight excluding hydrogens is 454 g/mol. The second-order valence-corrected chi connectivity index (χ2v) is 8.05. The molecule has 0 heterocycles. The van der Waals surface area contributed by atoms with Crippen LogP contribution in [0.5, 0.6) is 11.5 Å². The molecule has 0 aliphatic rings. The molecule has 6 nitrogen and oxygen atoms in total. The van der Waals surface area contributed by atoms with E-state index in [2.05, 4.69) is 10.6 Å². The second kappa shape index (κ2) is 10.1. The summed E-state index contributed by atoms with van der Waals surface area (Å²) in [6, 6.07) is 17.7. The van der Waals surface area contributed by atoms with Crippen molar-refractivity contribution in [3.05, 3.63) is 116 Å². The molecule has 0 aliphatic carbocycles. The van der Waals surface area contributed by atoms with E-state index in [4.69, 9.17) is 9.47 Å². The van der Waals surface area contributed by atoms with Crippen molar-refractivity contribution in [2.75, 3.05) is 19.5 Å². The molecule has 0 fully saturated rings. The molecule has 4 rings (SSSR count). The number of halogens is 2. The van der Waals surface area contributed by atoms with E-state index in [1.807, 2.05) is 43.3 Å². The molecule has 35 heavy (non-hydrogen) atoms. The Bertz CT molecular complexity index is 1410. The maximum Gasteiger partial charge on any atom is 0.272 e. The molecule has 0 radical (unpaired) electrons. The molecule has 2 unspecified atom stereocenters. The predicted octanol–water partition coefficient (Wildman–Crippen LogP) is 4.76. The van der Waals surface area contributed by atoms with Crippen LogP contribution in [0.2, 0.25) is 0 Å². The summed E-state index contributed by atoms with van der Waals surface area (Å²) < 4.78 is 37.7. The third-order valence-corrected chi connectivity index (χ3v) is 5.91. The molecule has 0 saturated carbocycles. The van der Waals surface area contributed by atoms with E-state index >= 15 is 0 Å². The van der Waals surface area contributed by atoms with Crippen LogP contribution in [0.25, 0.3) is 0 Å². The monoisotopic (exact) mass is 478 g/mol. The Morgan fingerprint density at radius 1 is 0.800 bits per heavy atom. The largest absolute Gasteiger partial charge is 0.497 e. The maximum absolute atomic E-state index is 13.9. The van der Waals surface area contributed by atoms with Gasteiger partial charge >= 0.3 is 0 Å². The normalized spacial score (nSPS) is 12.8. The van der Waals surface area contributed by atoms with Crippen LogP contribution >= 0.6 is 0 Å². The average Bonchev–Trinajstić information content (AvgIpc) is 2.88. The lowest BCUT2D eigenvalue weighted by Crippen LogP contribution is -2.34. The van der Waals surface area contributed by atoms with Gasteiger partial charge in [-0.05, 0) is 53.9 Å². The fraction of sp³-hybridized carbons (Fsp3) is 0.185. The minimum Gasteiger partial charge on any atom is -0.497 e. The van der Waals surface area contributed by atoms with Crippen molar-refractivity contribution in [2.24, 2.45) is 0 Å². The van der Waals surface area contributed by atoms with Gasteiger partial charge in [0.15, 0.2) is 17.4 Å². The van der Waals surface area contributed by atoms with Crippen LogP contribution in [0, 0.1) is 11.6 Å². The van der Waals surface area contributed by atoms with Crippen LogP contribution in [0.1, 0.15) is 35.7 Å². The first-order chi connectivity index (χ1) is 16.8. The van der Waals surface area contributed by atoms with Crippen LogP contribution in [-0.2, 0) is 0 Å². The molecule has 0 aliphatic heterocycles. The Balaban J connectivity index is 1.75. The first kappa shape index (κ1) is 24.1. The third-order valence-electron chi connectivity index (χ3n) is 5.91. The Hall–Kier alpha value is -4.04. The molecule has 0 spiro atoms. The number of para-hydroxylation sites is 1. The number of nitrogens with one attached hydrogen (secondary N) is 2. The van der Waals surface area contributed by atoms with Crippen molar-refractivity contribution in [3.63, 3.8) is 0 Å². The van der Waals surface area contributed by atoms with Gasteiger partial charge in [0.1, 0.15) is 11.4 Å². The Morgan fingerprint density at radius 3 is 2.14 bits per heavy atom. The van der Waals surface area contributed by atoms with Crippen LogP contribution in [0.3, 0.4) is 0 Å². The quantitative estimate of drug-likeness (QED) is 0.338. The van der Waals surface area contributed by atoms with Gasteiger partial charge in [-0.3, -0.25) is 14.9 Å². The van der Waals surface area contributed by atoms with Gasteiger partial charge in [0.05, 0.1) is 20.3 Å². The molecule has 0 aromatic heterocycles. The standard InChI is InChI=1S/C27H24F2N2O4/c1-15(17-10-13-20(28)21(29)14-17)30-23(16-8-11-18(34-2)12-9-16)19-6-4-5-7-22(19)31-24-25(32)26(33)27(24)35-3/h4-15,23,30-31H,1-3H3. The number of methoxy groups -OCH3 is 2. The third kappa shape index (κ3) is 4.79. The van der Waals surface area contributed by atoms with Gasteiger partial charge in [0.25, 0.3) is 10.9 Å². The lowest BCUT2D eigenvalue weighted by molar-refractivity contribution is 0.408. The number of rotatable bonds is 9. The highest BCUT2D eigenvalue weighted by molar-refractivity contribution is 5.72. The molecular formula is C27H24F2N2O4. The summed E-state index contributed by atoms with van der Waals surface area (Å²) in [6.45, 7) is 1.85. The van der Waals surface area contributed by atoms with Crippen molar-refractivity contribution in [2.45, 2.75) is 19.0 Å². The summed E-state index contributed by atoms with van der Waals surface area (Å²) in [5.74, 6) is -1.18. The van der Waals surface area contributed by atoms with Gasteiger partial charge < -0.3 is 14.8 Å². The van der Waals surface area contributed by atoms with E-state index in [1.165, 1.54) is 13.2 Å². The van der Waals surface area contributed by atoms with Gasteiger partial charge in [0.2, 0.25) is 0 Å². The Kier molecular flexibility index (Phi) is 6.93. The SMILES string of the molecule is COc1ccc(C(NC(C)c2ccc(F)c(F)c2)c2ccccc2Nc2c(OC)c(=O)c2=O)cc1. The number of hydrogen-bond acceptors (Lipinski definition) is 6. The van der Waals surface area contributed by atoms with Crippen molar-refractivity contribution >= 4 is 11.4 Å². The highest BCUT2D eigenvalue weighted by Crippen LogP contribution is 2.34. The Labute approximate surface area is 200 Å². The highest BCUT2D eigenvalue weighted by Gasteiger charge is 2.25. The van der Waals surface area contributed by atoms with Gasteiger partial charge in [-0.1, -0.05) is 36.4 Å². The van der Waals surface area contributed by atoms with Crippen LogP contribution < -0.4 is 31.0 Å². The molecule has 4 aromatic rings. The maximum atomic E-state index is 13.9. The number of benzene rings is 3. The predicted molar refractivity (Wildman–Crippen MR) is 130 cm³/mol. The first-order valence-electron chi connectivity index (χ1n) is 10.9. The fourth-order valence-electron chi connectivity index (χ4n) is 3.97. The van der Waals surface area contributed by atoms with Crippen molar-refractivity contribution in [3.8, 4) is 11.5 Å². The average molecular weight is 478 g/mol. The van der Waals surface area contributed by atoms with Crippen molar-refractivity contribution < 1.29 is 18.3 Å². The highest BCUT2D eigenvalue weighted by atomic mass is 19.2. The summed E-state index contributed by atoms with van der Waals surface area (Å²) >= 11 is 0. The lowest BCUT2D eigenvalue weighted by Gasteiger charge is -2.27. The van der Waals surface area contributed by atoms with Gasteiger partial charge in [0, 0.05) is 11.7 Å². The van der Waals surface area contributed by atoms with Gasteiger partial charge in [-0.25, -0.2) is 8.78 Å². The Morgan fingerprint density at radius 2 is 1.49 bits per heavy atom. The summed E-state index contributed by atoms with van der Waals surface area (Å²) in [5, 5.41) is 6.52. The summed E-state index contributed by atoms with van der Waals surface area (Å²) in [6.07, 6.45) is 0. The molecule has 4 aromatic carbocycles. The molecule has 0 saturated heterocycles. The smallest absolute Gasteiger partial charge is 0.272 e. The minimum absolute atomic E-state index is 0.0195. The van der Waals surface area contributed by atoms with E-state index < -0.39 is 28.5 Å². The number of anilines is 2. The van der Waals surface area contributed by atoms with Crippen molar-refractivity contribution in [1.82, 2.24) is 5.32 Å². The first-order valence-corrected chi connectivity index (χ1v) is 10.9. The van der Waals surface area contributed by atoms with E-state index in [0.29, 0.717) is 17.0 Å². The summed E-state index contributed by atoms with van der Waals surface area (Å²) in [4.78, 5) is 23.9. The number of ether oxygens (including phenoxy) is 2. The zero-order valence-corrected chi connectivity index (χ0v) is 19.4. The van der Waals surface area contributed by atoms with E-state index in [-0.39, 0.29) is 17.5 Å². The minimum atomic E-state index is -0.925. The van der Waals surface area contributed by atoms with Gasteiger partial charge in [-0.2, -0.15) is 0 Å². The van der Waals surface area contributed by atoms with E-state index in [0.717, 1.165) is 23.3 Å². The van der Waals surface area contributed by atoms with Crippen LogP contribution in [-0.4, -0.2) is 14.2 Å². The van der Waals surface area contributed by atoms with E-state index in [1.54, 1.807) is 19.2 Å². The zero-order chi connectivity index (χ0) is 25.1. The lowest BCUT2D eigenvalue weighted by atomic mass is 9.94. The molecule has 8 heteroatoms. The number of hydrogen-bond donors (Lipinski definition) is 2. The fourth-order valence-corrected chi connectivity index (χ4v) is 3.97. The topological polar surface area (TPSA) is 76.7 Å². The van der Waals surface area contributed by atoms with Gasteiger partial charge in [-0.15, -0.1) is 0 Å². The summed E-state index contributed by atoms with van der Waals surface area (Å²) in [5.41, 5.74) is 1.55. The zero-order valence-electron chi connectivity index (χ0n) is 19.4. The van der Waals surface area contributed by atoms with E-state index in [9.17, 15) is 18.4 Å². The summed E-state index contributed by atoms with van der Waals surface area (Å²) in [7, 11) is 2.91. The van der Waals surface area contributed by atoms with Crippen molar-refractivity contribution in [1.29, 1.82) is 0 Å². The molecule has 2 N–H and O–H groups in total. The molecule has 180 valence electrons. The second-order valence-electron chi connectivity index (χ2n) is 8.05. The molecule has 2 atom stereocenters. The van der Waals surface area contributed by atoms with Crippen LogP contribution in [0.15, 0.2) is 76.3 Å².